The molecule has 2 heterocycles. The minimum atomic E-state index is 0.0925. The molecule has 1 aliphatic heterocycles. The van der Waals surface area contributed by atoms with Crippen LogP contribution in [-0.4, -0.2) is 68.1 Å². The number of halogens is 1. The van der Waals surface area contributed by atoms with Crippen molar-refractivity contribution in [1.29, 1.82) is 0 Å². The fraction of sp³-hybridized carbons (Fsp3) is 0.478. The van der Waals surface area contributed by atoms with Gasteiger partial charge in [0.1, 0.15) is 12.9 Å². The smallest absolute Gasteiger partial charge is 0.128 e. The highest BCUT2D eigenvalue weighted by Crippen LogP contribution is 2.19. The number of anilines is 1. The van der Waals surface area contributed by atoms with Crippen LogP contribution in [-0.2, 0) is 9.57 Å². The summed E-state index contributed by atoms with van der Waals surface area (Å²) in [6.07, 6.45) is 2.00. The first-order valence-electron chi connectivity index (χ1n) is 10.4. The first kappa shape index (κ1) is 22.5. The van der Waals surface area contributed by atoms with Gasteiger partial charge in [-0.2, -0.15) is 0 Å². The van der Waals surface area contributed by atoms with E-state index in [-0.39, 0.29) is 12.0 Å². The van der Waals surface area contributed by atoms with Crippen molar-refractivity contribution in [3.8, 4) is 0 Å². The molecule has 0 amide bonds. The maximum atomic E-state index is 6.08. The monoisotopic (exact) mass is 430 g/mol. The van der Waals surface area contributed by atoms with Crippen molar-refractivity contribution in [2.45, 2.75) is 20.0 Å². The normalized spacial score (nSPS) is 16.7. The van der Waals surface area contributed by atoms with Gasteiger partial charge in [-0.3, -0.25) is 4.90 Å². The summed E-state index contributed by atoms with van der Waals surface area (Å²) < 4.78 is 6.00. The van der Waals surface area contributed by atoms with Crippen molar-refractivity contribution in [2.75, 3.05) is 51.3 Å². The van der Waals surface area contributed by atoms with Crippen LogP contribution < -0.4 is 4.90 Å². The molecular weight excluding hydrogens is 400 g/mol. The Morgan fingerprint density at radius 2 is 1.83 bits per heavy atom. The molecule has 30 heavy (non-hydrogen) atoms. The van der Waals surface area contributed by atoms with Crippen LogP contribution >= 0.6 is 11.6 Å². The molecule has 2 aromatic rings. The summed E-state index contributed by atoms with van der Waals surface area (Å²) in [5, 5.41) is 5.08. The quantitative estimate of drug-likeness (QED) is 0.445. The lowest BCUT2D eigenvalue weighted by Crippen LogP contribution is -2.49. The van der Waals surface area contributed by atoms with Gasteiger partial charge in [-0.25, -0.2) is 4.98 Å². The zero-order valence-electron chi connectivity index (χ0n) is 18.0. The Bertz CT molecular complexity index is 791. The molecule has 1 atom stereocenters. The molecule has 0 spiro atoms. The molecule has 1 saturated heterocycles. The summed E-state index contributed by atoms with van der Waals surface area (Å²) in [6, 6.07) is 13.8. The van der Waals surface area contributed by atoms with Crippen LogP contribution in [0.4, 0.5) is 5.82 Å². The van der Waals surface area contributed by atoms with E-state index in [9.17, 15) is 0 Å². The van der Waals surface area contributed by atoms with Crippen LogP contribution in [0.2, 0.25) is 5.02 Å². The lowest BCUT2D eigenvalue weighted by molar-refractivity contribution is 0.0547. The Morgan fingerprint density at radius 1 is 1.10 bits per heavy atom. The first-order valence-corrected chi connectivity index (χ1v) is 10.8. The highest BCUT2D eigenvalue weighted by Gasteiger charge is 2.26. The van der Waals surface area contributed by atoms with Gasteiger partial charge < -0.3 is 14.5 Å². The highest BCUT2D eigenvalue weighted by atomic mass is 35.5. The molecule has 1 aliphatic rings. The van der Waals surface area contributed by atoms with Gasteiger partial charge in [-0.1, -0.05) is 35.0 Å². The van der Waals surface area contributed by atoms with Gasteiger partial charge in [0.2, 0.25) is 0 Å². The van der Waals surface area contributed by atoms with Crippen LogP contribution in [0.15, 0.2) is 53.8 Å². The molecule has 1 aromatic carbocycles. The minimum Gasteiger partial charge on any atom is -0.399 e. The lowest BCUT2D eigenvalue weighted by Gasteiger charge is -2.37. The zero-order chi connectivity index (χ0) is 21.3. The van der Waals surface area contributed by atoms with E-state index in [4.69, 9.17) is 21.2 Å². The van der Waals surface area contributed by atoms with Gasteiger partial charge in [0.05, 0.1) is 18.4 Å². The van der Waals surface area contributed by atoms with E-state index in [0.717, 1.165) is 49.8 Å². The summed E-state index contributed by atoms with van der Waals surface area (Å²) >= 11 is 6.08. The standard InChI is InChI=1S/C23H31ClN4O2/c1-18(2)30-17-20(23(26-29-3)19-7-9-21(24)10-8-19)16-27-12-14-28(15-13-27)22-6-4-5-11-25-22/h4-11,18,20H,12-17H2,1-3H3/b26-23-. The molecule has 0 aliphatic carbocycles. The van der Waals surface area contributed by atoms with E-state index in [2.05, 4.69) is 39.9 Å². The molecule has 7 heteroatoms. The van der Waals surface area contributed by atoms with E-state index in [1.54, 1.807) is 7.11 Å². The number of hydrogen-bond donors (Lipinski definition) is 0. The predicted octanol–water partition coefficient (Wildman–Crippen LogP) is 3.95. The Balaban J connectivity index is 1.70. The number of piperazine rings is 1. The van der Waals surface area contributed by atoms with Crippen LogP contribution in [0, 0.1) is 5.92 Å². The molecule has 1 aromatic heterocycles. The topological polar surface area (TPSA) is 50.2 Å². The van der Waals surface area contributed by atoms with Crippen molar-refractivity contribution < 1.29 is 9.57 Å². The van der Waals surface area contributed by atoms with Gasteiger partial charge in [-0.05, 0) is 43.7 Å². The van der Waals surface area contributed by atoms with Crippen LogP contribution in [0.5, 0.6) is 0 Å². The predicted molar refractivity (Wildman–Crippen MR) is 122 cm³/mol. The van der Waals surface area contributed by atoms with Gasteiger partial charge in [0.25, 0.3) is 0 Å². The SMILES string of the molecule is CO/N=C(/c1ccc(Cl)cc1)C(COC(C)C)CN1CCN(c2ccccn2)CC1. The average molecular weight is 431 g/mol. The summed E-state index contributed by atoms with van der Waals surface area (Å²) in [5.74, 6) is 1.13. The minimum absolute atomic E-state index is 0.0925. The van der Waals surface area contributed by atoms with Gasteiger partial charge in [0.15, 0.2) is 0 Å². The number of ether oxygens (including phenoxy) is 1. The zero-order valence-corrected chi connectivity index (χ0v) is 18.8. The van der Waals surface area contributed by atoms with Crippen molar-refractivity contribution in [1.82, 2.24) is 9.88 Å². The largest absolute Gasteiger partial charge is 0.399 e. The maximum Gasteiger partial charge on any atom is 0.128 e. The summed E-state index contributed by atoms with van der Waals surface area (Å²) in [6.45, 7) is 9.39. The third-order valence-corrected chi connectivity index (χ3v) is 5.42. The number of oxime groups is 1. The Kier molecular flexibility index (Phi) is 8.49. The van der Waals surface area contributed by atoms with Gasteiger partial charge >= 0.3 is 0 Å². The number of aromatic nitrogens is 1. The molecule has 6 nitrogen and oxygen atoms in total. The van der Waals surface area contributed by atoms with Gasteiger partial charge in [0, 0.05) is 49.9 Å². The second-order valence-corrected chi connectivity index (χ2v) is 8.16. The number of pyridine rings is 1. The molecule has 1 fully saturated rings. The average Bonchev–Trinajstić information content (AvgIpc) is 2.77. The van der Waals surface area contributed by atoms with E-state index >= 15 is 0 Å². The summed E-state index contributed by atoms with van der Waals surface area (Å²) in [5.41, 5.74) is 1.90. The second-order valence-electron chi connectivity index (χ2n) is 7.72. The van der Waals surface area contributed by atoms with E-state index < -0.39 is 0 Å². The highest BCUT2D eigenvalue weighted by molar-refractivity contribution is 6.30. The van der Waals surface area contributed by atoms with Crippen molar-refractivity contribution in [2.24, 2.45) is 11.1 Å². The van der Waals surface area contributed by atoms with E-state index in [0.29, 0.717) is 11.6 Å². The summed E-state index contributed by atoms with van der Waals surface area (Å²) in [7, 11) is 1.59. The fourth-order valence-corrected chi connectivity index (χ4v) is 3.75. The molecule has 3 rings (SSSR count). The number of rotatable bonds is 9. The maximum absolute atomic E-state index is 6.08. The van der Waals surface area contributed by atoms with E-state index in [1.165, 1.54) is 0 Å². The Hall–Kier alpha value is -2.15. The number of hydrogen-bond acceptors (Lipinski definition) is 6. The van der Waals surface area contributed by atoms with Crippen LogP contribution in [0.1, 0.15) is 19.4 Å². The van der Waals surface area contributed by atoms with Crippen molar-refractivity contribution in [3.05, 3.63) is 59.2 Å². The van der Waals surface area contributed by atoms with Crippen LogP contribution in [0.3, 0.4) is 0 Å². The molecule has 0 N–H and O–H groups in total. The van der Waals surface area contributed by atoms with E-state index in [1.807, 2.05) is 42.6 Å². The molecule has 0 bridgehead atoms. The molecule has 0 saturated carbocycles. The number of benzene rings is 1. The van der Waals surface area contributed by atoms with Crippen LogP contribution in [0.25, 0.3) is 0 Å². The van der Waals surface area contributed by atoms with Crippen molar-refractivity contribution >= 4 is 23.1 Å². The number of nitrogens with zero attached hydrogens (tertiary/aromatic N) is 4. The first-order chi connectivity index (χ1) is 14.6. The fourth-order valence-electron chi connectivity index (χ4n) is 3.62. The third-order valence-electron chi connectivity index (χ3n) is 5.17. The van der Waals surface area contributed by atoms with Gasteiger partial charge in [-0.15, -0.1) is 0 Å². The lowest BCUT2D eigenvalue weighted by atomic mass is 9.96. The second kappa shape index (κ2) is 11.3. The Labute approximate surface area is 184 Å². The Morgan fingerprint density at radius 3 is 2.43 bits per heavy atom. The molecular formula is C23H31ClN4O2. The summed E-state index contributed by atoms with van der Waals surface area (Å²) in [4.78, 5) is 14.5. The van der Waals surface area contributed by atoms with Crippen molar-refractivity contribution in [3.63, 3.8) is 0 Å². The third kappa shape index (κ3) is 6.42. The molecule has 162 valence electrons. The molecule has 0 radical (unpaired) electrons. The molecule has 1 unspecified atom stereocenters.